The molecule has 2 aliphatic rings. The van der Waals surface area contributed by atoms with Gasteiger partial charge in [-0.15, -0.1) is 6.42 Å². The summed E-state index contributed by atoms with van der Waals surface area (Å²) in [6, 6.07) is -0.284. The van der Waals surface area contributed by atoms with E-state index in [1.807, 2.05) is 0 Å². The first-order valence-corrected chi connectivity index (χ1v) is 7.16. The Hall–Kier alpha value is -1.70. The Labute approximate surface area is 119 Å². The van der Waals surface area contributed by atoms with Crippen LogP contribution in [0, 0.1) is 30.1 Å². The summed E-state index contributed by atoms with van der Waals surface area (Å²) in [4.78, 5) is 25.9. The number of carboxylic acids is 1. The zero-order chi connectivity index (χ0) is 14.7. The lowest BCUT2D eigenvalue weighted by atomic mass is 9.88. The smallest absolute Gasteiger partial charge is 0.323 e. The molecule has 20 heavy (non-hydrogen) atoms. The van der Waals surface area contributed by atoms with E-state index in [4.69, 9.17) is 11.5 Å². The number of aliphatic carboxylic acids is 1. The largest absolute Gasteiger partial charge is 0.480 e. The number of carbonyl (C=O) groups excluding carboxylic acids is 1. The number of nitrogens with zero attached hydrogens (tertiary/aromatic N) is 2. The zero-order valence-corrected chi connectivity index (χ0v) is 11.9. The number of hydrogen-bond donors (Lipinski definition) is 1. The van der Waals surface area contributed by atoms with Gasteiger partial charge in [0.05, 0.1) is 6.54 Å². The summed E-state index contributed by atoms with van der Waals surface area (Å²) in [5, 5.41) is 8.83. The molecule has 2 amide bonds. The van der Waals surface area contributed by atoms with E-state index < -0.39 is 5.97 Å². The summed E-state index contributed by atoms with van der Waals surface area (Å²) in [7, 11) is 1.74. The summed E-state index contributed by atoms with van der Waals surface area (Å²) in [6.45, 7) is 0.400. The Balaban J connectivity index is 1.89. The first-order valence-electron chi connectivity index (χ1n) is 7.16. The lowest BCUT2D eigenvalue weighted by Gasteiger charge is -2.30. The van der Waals surface area contributed by atoms with Gasteiger partial charge in [-0.1, -0.05) is 12.3 Å². The number of amides is 2. The molecule has 5 heteroatoms. The maximum Gasteiger partial charge on any atom is 0.323 e. The molecule has 2 saturated carbocycles. The minimum atomic E-state index is -1.04. The van der Waals surface area contributed by atoms with Crippen LogP contribution in [-0.4, -0.2) is 53.6 Å². The quantitative estimate of drug-likeness (QED) is 0.775. The summed E-state index contributed by atoms with van der Waals surface area (Å²) < 4.78 is 0. The Morgan fingerprint density at radius 2 is 2.10 bits per heavy atom. The second-order valence-electron chi connectivity index (χ2n) is 6.05. The van der Waals surface area contributed by atoms with Crippen LogP contribution in [0.2, 0.25) is 0 Å². The highest BCUT2D eigenvalue weighted by atomic mass is 16.4. The number of carbonyl (C=O) groups is 2. The van der Waals surface area contributed by atoms with Gasteiger partial charge in [0.25, 0.3) is 0 Å². The van der Waals surface area contributed by atoms with Gasteiger partial charge in [-0.05, 0) is 37.0 Å². The number of urea groups is 1. The molecule has 0 heterocycles. The fraction of sp³-hybridized carbons (Fsp3) is 0.733. The molecule has 5 nitrogen and oxygen atoms in total. The van der Waals surface area contributed by atoms with E-state index in [0.717, 1.165) is 11.8 Å². The average Bonchev–Trinajstić information content (AvgIpc) is 2.99. The molecule has 2 fully saturated rings. The first-order chi connectivity index (χ1) is 9.51. The van der Waals surface area contributed by atoms with Crippen LogP contribution in [0.3, 0.4) is 0 Å². The number of terminal acetylenes is 1. The average molecular weight is 278 g/mol. The molecule has 0 aromatic carbocycles. The minimum Gasteiger partial charge on any atom is -0.480 e. The summed E-state index contributed by atoms with van der Waals surface area (Å²) >= 11 is 0. The van der Waals surface area contributed by atoms with Crippen molar-refractivity contribution >= 4 is 12.0 Å². The Morgan fingerprint density at radius 1 is 1.35 bits per heavy atom. The van der Waals surface area contributed by atoms with Gasteiger partial charge in [-0.2, -0.15) is 0 Å². The normalized spacial score (nSPS) is 27.1. The maximum atomic E-state index is 12.3. The van der Waals surface area contributed by atoms with Crippen LogP contribution < -0.4 is 0 Å². The van der Waals surface area contributed by atoms with Crippen LogP contribution in [0.4, 0.5) is 4.79 Å². The highest BCUT2D eigenvalue weighted by Crippen LogP contribution is 2.48. The third kappa shape index (κ3) is 3.24. The second-order valence-corrected chi connectivity index (χ2v) is 6.05. The molecule has 1 N–H and O–H groups in total. The number of hydrogen-bond acceptors (Lipinski definition) is 2. The second kappa shape index (κ2) is 6.17. The Morgan fingerprint density at radius 3 is 2.60 bits per heavy atom. The highest BCUT2D eigenvalue weighted by molar-refractivity contribution is 5.80. The van der Waals surface area contributed by atoms with E-state index in [1.165, 1.54) is 30.6 Å². The summed E-state index contributed by atoms with van der Waals surface area (Å²) in [6.07, 6.45) is 10.3. The monoisotopic (exact) mass is 278 g/mol. The zero-order valence-electron chi connectivity index (χ0n) is 11.9. The van der Waals surface area contributed by atoms with Gasteiger partial charge in [0.15, 0.2) is 0 Å². The first kappa shape index (κ1) is 14.7. The molecular formula is C15H22N2O3. The predicted molar refractivity (Wildman–Crippen MR) is 75.0 cm³/mol. The van der Waals surface area contributed by atoms with E-state index in [1.54, 1.807) is 11.9 Å². The molecular weight excluding hydrogens is 256 g/mol. The van der Waals surface area contributed by atoms with Gasteiger partial charge in [0.2, 0.25) is 0 Å². The Kier molecular flexibility index (Phi) is 4.53. The molecule has 0 aliphatic heterocycles. The molecule has 0 aromatic rings. The standard InChI is InChI=1S/C15H22N2O3/c1-3-6-17(10-14(18)19)15(20)16(2)9-13-8-11-4-5-12(13)7-11/h1,11-13H,4-10H2,2H3,(H,18,19). The van der Waals surface area contributed by atoms with E-state index in [9.17, 15) is 9.59 Å². The summed E-state index contributed by atoms with van der Waals surface area (Å²) in [5.74, 6) is 3.46. The molecule has 2 rings (SSSR count). The van der Waals surface area contributed by atoms with Crippen molar-refractivity contribution in [3.63, 3.8) is 0 Å². The minimum absolute atomic E-state index is 0.0339. The van der Waals surface area contributed by atoms with Gasteiger partial charge in [0, 0.05) is 13.6 Å². The van der Waals surface area contributed by atoms with Crippen LogP contribution in [0.15, 0.2) is 0 Å². The van der Waals surface area contributed by atoms with Crippen molar-refractivity contribution in [3.8, 4) is 12.3 Å². The third-order valence-corrected chi connectivity index (χ3v) is 4.60. The third-order valence-electron chi connectivity index (χ3n) is 4.60. The molecule has 2 aliphatic carbocycles. The van der Waals surface area contributed by atoms with Crippen molar-refractivity contribution in [2.45, 2.75) is 25.7 Å². The van der Waals surface area contributed by atoms with Crippen molar-refractivity contribution in [1.29, 1.82) is 0 Å². The highest BCUT2D eigenvalue weighted by Gasteiger charge is 2.40. The lowest BCUT2D eigenvalue weighted by Crippen LogP contribution is -2.45. The van der Waals surface area contributed by atoms with Gasteiger partial charge in [0.1, 0.15) is 6.54 Å². The van der Waals surface area contributed by atoms with E-state index in [0.29, 0.717) is 12.5 Å². The molecule has 3 unspecified atom stereocenters. The molecule has 0 saturated heterocycles. The molecule has 2 bridgehead atoms. The van der Waals surface area contributed by atoms with Crippen LogP contribution >= 0.6 is 0 Å². The van der Waals surface area contributed by atoms with Crippen molar-refractivity contribution < 1.29 is 14.7 Å². The van der Waals surface area contributed by atoms with E-state index >= 15 is 0 Å². The fourth-order valence-corrected chi connectivity index (χ4v) is 3.74. The van der Waals surface area contributed by atoms with Gasteiger partial charge < -0.3 is 14.9 Å². The van der Waals surface area contributed by atoms with E-state index in [-0.39, 0.29) is 19.1 Å². The fourth-order valence-electron chi connectivity index (χ4n) is 3.74. The SMILES string of the molecule is C#CCN(CC(=O)O)C(=O)N(C)CC1CC2CCC1C2. The molecule has 0 aromatic heterocycles. The van der Waals surface area contributed by atoms with E-state index in [2.05, 4.69) is 5.92 Å². The van der Waals surface area contributed by atoms with Crippen LogP contribution in [0.25, 0.3) is 0 Å². The molecule has 3 atom stereocenters. The van der Waals surface area contributed by atoms with Gasteiger partial charge >= 0.3 is 12.0 Å². The van der Waals surface area contributed by atoms with Crippen molar-refractivity contribution in [2.75, 3.05) is 26.7 Å². The Bertz CT molecular complexity index is 429. The summed E-state index contributed by atoms with van der Waals surface area (Å²) in [5.41, 5.74) is 0. The van der Waals surface area contributed by atoms with Crippen molar-refractivity contribution in [1.82, 2.24) is 9.80 Å². The maximum absolute atomic E-state index is 12.3. The van der Waals surface area contributed by atoms with Crippen LogP contribution in [0.5, 0.6) is 0 Å². The molecule has 0 radical (unpaired) electrons. The van der Waals surface area contributed by atoms with Crippen LogP contribution in [0.1, 0.15) is 25.7 Å². The topological polar surface area (TPSA) is 60.9 Å². The molecule has 0 spiro atoms. The number of carboxylic acid groups (broad SMARTS) is 1. The number of rotatable bonds is 5. The lowest BCUT2D eigenvalue weighted by molar-refractivity contribution is -0.137. The van der Waals surface area contributed by atoms with Crippen molar-refractivity contribution in [2.24, 2.45) is 17.8 Å². The van der Waals surface area contributed by atoms with Crippen LogP contribution in [-0.2, 0) is 4.79 Å². The molecule has 110 valence electrons. The number of fused-ring (bicyclic) bond motifs is 2. The van der Waals surface area contributed by atoms with Gasteiger partial charge in [-0.25, -0.2) is 4.79 Å². The van der Waals surface area contributed by atoms with Crippen molar-refractivity contribution in [3.05, 3.63) is 0 Å². The van der Waals surface area contributed by atoms with Gasteiger partial charge in [-0.3, -0.25) is 4.79 Å². The predicted octanol–water partition coefficient (Wildman–Crippen LogP) is 1.49.